The monoisotopic (exact) mass is 418 g/mol. The number of hydrogen-bond donors (Lipinski definition) is 0. The van der Waals surface area contributed by atoms with E-state index in [-0.39, 0.29) is 23.9 Å². The van der Waals surface area contributed by atoms with Gasteiger partial charge in [-0.05, 0) is 66.9 Å². The van der Waals surface area contributed by atoms with E-state index in [1.807, 2.05) is 38.1 Å². The van der Waals surface area contributed by atoms with Crippen LogP contribution in [-0.4, -0.2) is 18.2 Å². The Labute approximate surface area is 179 Å². The van der Waals surface area contributed by atoms with Gasteiger partial charge in [-0.1, -0.05) is 35.9 Å². The highest BCUT2D eigenvalue weighted by molar-refractivity contribution is 6.30. The maximum Gasteiger partial charge on any atom is 0.232 e. The fourth-order valence-electron chi connectivity index (χ4n) is 3.32. The highest BCUT2D eigenvalue weighted by atomic mass is 35.5. The number of Topliss-reactive ketones (excluding diaryl/α,β-unsaturated/α-hetero) is 2. The lowest BCUT2D eigenvalue weighted by atomic mass is 10.0. The average molecular weight is 419 g/mol. The van der Waals surface area contributed by atoms with Crippen LogP contribution in [0.2, 0.25) is 5.02 Å². The molecule has 0 N–H and O–H groups in total. The SMILES string of the molecule is Cc1ccccc1/C=C1\Oc2cc(OCC(=O)c3ccc(Cl)cc3)cc(C)c2C1=O. The van der Waals surface area contributed by atoms with E-state index >= 15 is 0 Å². The second-order valence-electron chi connectivity index (χ2n) is 7.13. The van der Waals surface area contributed by atoms with Gasteiger partial charge in [0.05, 0.1) is 5.56 Å². The van der Waals surface area contributed by atoms with Crippen LogP contribution in [0.25, 0.3) is 6.08 Å². The van der Waals surface area contributed by atoms with Crippen LogP contribution in [0.1, 0.15) is 37.4 Å². The predicted molar refractivity (Wildman–Crippen MR) is 117 cm³/mol. The molecular weight excluding hydrogens is 400 g/mol. The molecule has 5 heteroatoms. The molecule has 0 saturated heterocycles. The van der Waals surface area contributed by atoms with E-state index in [1.54, 1.807) is 42.5 Å². The Bertz CT molecular complexity index is 1180. The second kappa shape index (κ2) is 8.17. The van der Waals surface area contributed by atoms with Crippen LogP contribution < -0.4 is 9.47 Å². The molecule has 3 aromatic carbocycles. The van der Waals surface area contributed by atoms with Crippen LogP contribution >= 0.6 is 11.6 Å². The number of fused-ring (bicyclic) bond motifs is 1. The lowest BCUT2D eigenvalue weighted by Crippen LogP contribution is -2.11. The number of carbonyl (C=O) groups excluding carboxylic acids is 2. The van der Waals surface area contributed by atoms with Crippen molar-refractivity contribution in [2.24, 2.45) is 0 Å². The summed E-state index contributed by atoms with van der Waals surface area (Å²) in [6.07, 6.45) is 1.75. The Morgan fingerprint density at radius 3 is 2.50 bits per heavy atom. The van der Waals surface area contributed by atoms with Gasteiger partial charge in [-0.3, -0.25) is 9.59 Å². The molecule has 0 aromatic heterocycles. The van der Waals surface area contributed by atoms with Crippen LogP contribution in [0.15, 0.2) is 66.4 Å². The minimum Gasteiger partial charge on any atom is -0.485 e. The maximum absolute atomic E-state index is 12.8. The van der Waals surface area contributed by atoms with Crippen molar-refractivity contribution in [1.29, 1.82) is 0 Å². The zero-order chi connectivity index (χ0) is 21.3. The summed E-state index contributed by atoms with van der Waals surface area (Å²) in [6, 6.07) is 17.8. The first-order valence-corrected chi connectivity index (χ1v) is 9.86. The molecule has 0 spiro atoms. The third kappa shape index (κ3) is 4.00. The predicted octanol–water partition coefficient (Wildman–Crippen LogP) is 5.83. The van der Waals surface area contributed by atoms with E-state index in [0.29, 0.717) is 27.6 Å². The smallest absolute Gasteiger partial charge is 0.232 e. The van der Waals surface area contributed by atoms with Crippen LogP contribution in [0.3, 0.4) is 0 Å². The minimum absolute atomic E-state index is 0.125. The van der Waals surface area contributed by atoms with E-state index < -0.39 is 0 Å². The Kier molecular flexibility index (Phi) is 5.42. The van der Waals surface area contributed by atoms with Crippen molar-refractivity contribution in [3.8, 4) is 11.5 Å². The highest BCUT2D eigenvalue weighted by Gasteiger charge is 2.30. The van der Waals surface area contributed by atoms with Crippen molar-refractivity contribution in [3.63, 3.8) is 0 Å². The first-order valence-electron chi connectivity index (χ1n) is 9.48. The van der Waals surface area contributed by atoms with E-state index in [4.69, 9.17) is 21.1 Å². The molecule has 150 valence electrons. The fourth-order valence-corrected chi connectivity index (χ4v) is 3.44. The molecule has 0 saturated carbocycles. The number of halogens is 1. The minimum atomic E-state index is -0.165. The van der Waals surface area contributed by atoms with E-state index in [2.05, 4.69) is 0 Å². The van der Waals surface area contributed by atoms with Crippen molar-refractivity contribution in [3.05, 3.63) is 99.3 Å². The molecule has 0 bridgehead atoms. The summed E-state index contributed by atoms with van der Waals surface area (Å²) in [4.78, 5) is 25.1. The van der Waals surface area contributed by atoms with Gasteiger partial charge in [0, 0.05) is 16.7 Å². The molecule has 1 aliphatic rings. The normalized spacial score (nSPS) is 13.8. The number of allylic oxidation sites excluding steroid dienone is 1. The van der Waals surface area contributed by atoms with Crippen molar-refractivity contribution in [2.75, 3.05) is 6.61 Å². The number of aryl methyl sites for hydroxylation is 2. The first-order chi connectivity index (χ1) is 14.4. The Morgan fingerprint density at radius 1 is 1.03 bits per heavy atom. The maximum atomic E-state index is 12.8. The average Bonchev–Trinajstić information content (AvgIpc) is 3.04. The van der Waals surface area contributed by atoms with Gasteiger partial charge in [0.2, 0.25) is 5.78 Å². The van der Waals surface area contributed by atoms with Crippen molar-refractivity contribution in [1.82, 2.24) is 0 Å². The summed E-state index contributed by atoms with van der Waals surface area (Å²) in [5.74, 6) is 0.862. The van der Waals surface area contributed by atoms with E-state index in [1.165, 1.54) is 0 Å². The van der Waals surface area contributed by atoms with Gasteiger partial charge in [0.15, 0.2) is 18.1 Å². The van der Waals surface area contributed by atoms with Gasteiger partial charge in [0.1, 0.15) is 11.5 Å². The van der Waals surface area contributed by atoms with Crippen molar-refractivity contribution in [2.45, 2.75) is 13.8 Å². The third-order valence-corrected chi connectivity index (χ3v) is 5.21. The van der Waals surface area contributed by atoms with E-state index in [0.717, 1.165) is 16.7 Å². The highest BCUT2D eigenvalue weighted by Crippen LogP contribution is 2.37. The number of rotatable bonds is 5. The van der Waals surface area contributed by atoms with Gasteiger partial charge in [-0.15, -0.1) is 0 Å². The van der Waals surface area contributed by atoms with Gasteiger partial charge in [-0.25, -0.2) is 0 Å². The zero-order valence-electron chi connectivity index (χ0n) is 16.6. The Hall–Kier alpha value is -3.37. The van der Waals surface area contributed by atoms with Crippen molar-refractivity contribution >= 4 is 29.2 Å². The number of carbonyl (C=O) groups is 2. The molecule has 3 aromatic rings. The number of ketones is 2. The van der Waals surface area contributed by atoms with Gasteiger partial charge >= 0.3 is 0 Å². The first kappa shape index (κ1) is 19.9. The standard InChI is InChI=1S/C25H19ClO4/c1-15-5-3-4-6-18(15)12-23-25(28)24-16(2)11-20(13-22(24)30-23)29-14-21(27)17-7-9-19(26)10-8-17/h3-13H,14H2,1-2H3/b23-12-. The molecule has 4 rings (SSSR count). The molecule has 1 heterocycles. The van der Waals surface area contributed by atoms with Gasteiger partial charge in [0.25, 0.3) is 0 Å². The number of benzene rings is 3. The third-order valence-electron chi connectivity index (χ3n) is 4.95. The van der Waals surface area contributed by atoms with Crippen LogP contribution in [0.4, 0.5) is 0 Å². The number of hydrogen-bond acceptors (Lipinski definition) is 4. The molecule has 1 aliphatic heterocycles. The van der Waals surface area contributed by atoms with Crippen LogP contribution in [-0.2, 0) is 0 Å². The van der Waals surface area contributed by atoms with Crippen LogP contribution in [0, 0.1) is 13.8 Å². The zero-order valence-corrected chi connectivity index (χ0v) is 17.3. The molecular formula is C25H19ClO4. The van der Waals surface area contributed by atoms with E-state index in [9.17, 15) is 9.59 Å². The summed E-state index contributed by atoms with van der Waals surface area (Å²) in [5, 5.41) is 0.568. The lowest BCUT2D eigenvalue weighted by Gasteiger charge is -2.09. The van der Waals surface area contributed by atoms with Gasteiger partial charge in [-0.2, -0.15) is 0 Å². The summed E-state index contributed by atoms with van der Waals surface area (Å²) < 4.78 is 11.5. The summed E-state index contributed by atoms with van der Waals surface area (Å²) in [6.45, 7) is 3.68. The molecule has 4 nitrogen and oxygen atoms in total. The summed E-state index contributed by atoms with van der Waals surface area (Å²) in [5.41, 5.74) is 3.76. The molecule has 0 radical (unpaired) electrons. The summed E-state index contributed by atoms with van der Waals surface area (Å²) in [7, 11) is 0. The molecule has 0 amide bonds. The van der Waals surface area contributed by atoms with Crippen molar-refractivity contribution < 1.29 is 19.1 Å². The molecule has 0 fully saturated rings. The Balaban J connectivity index is 1.53. The molecule has 0 aliphatic carbocycles. The molecule has 0 unspecified atom stereocenters. The molecule has 30 heavy (non-hydrogen) atoms. The second-order valence-corrected chi connectivity index (χ2v) is 7.56. The topological polar surface area (TPSA) is 52.6 Å². The number of ether oxygens (including phenoxy) is 2. The molecule has 0 atom stereocenters. The Morgan fingerprint density at radius 2 is 1.77 bits per heavy atom. The van der Waals surface area contributed by atoms with Gasteiger partial charge < -0.3 is 9.47 Å². The fraction of sp³-hybridized carbons (Fsp3) is 0.120. The summed E-state index contributed by atoms with van der Waals surface area (Å²) >= 11 is 5.86. The largest absolute Gasteiger partial charge is 0.485 e. The van der Waals surface area contributed by atoms with Crippen LogP contribution in [0.5, 0.6) is 11.5 Å². The quantitative estimate of drug-likeness (QED) is 0.386. The lowest BCUT2D eigenvalue weighted by molar-refractivity contribution is 0.0920.